The Kier molecular flexibility index (Phi) is 4.15. The van der Waals surface area contributed by atoms with Crippen LogP contribution in [-0.4, -0.2) is 11.5 Å². The Bertz CT molecular complexity index is 410. The van der Waals surface area contributed by atoms with Crippen LogP contribution in [0.5, 0.6) is 0 Å². The number of thiazole rings is 1. The van der Waals surface area contributed by atoms with E-state index in [1.807, 2.05) is 19.1 Å². The summed E-state index contributed by atoms with van der Waals surface area (Å²) in [5.41, 5.74) is 1.11. The van der Waals surface area contributed by atoms with Crippen molar-refractivity contribution in [2.75, 3.05) is 6.54 Å². The summed E-state index contributed by atoms with van der Waals surface area (Å²) >= 11 is 5.00. The molecule has 0 fully saturated rings. The Morgan fingerprint density at radius 2 is 2.38 bits per heavy atom. The topological polar surface area (TPSA) is 38.1 Å². The summed E-state index contributed by atoms with van der Waals surface area (Å²) in [6, 6.07) is 3.87. The smallest absolute Gasteiger partial charge is 0.169 e. The minimum atomic E-state index is 0.760. The zero-order valence-corrected chi connectivity index (χ0v) is 11.4. The van der Waals surface area contributed by atoms with Gasteiger partial charge in [-0.1, -0.05) is 0 Å². The Hall–Kier alpha value is -0.650. The summed E-state index contributed by atoms with van der Waals surface area (Å²) in [6.07, 6.45) is 0.973. The van der Waals surface area contributed by atoms with Crippen LogP contribution in [0.2, 0.25) is 0 Å². The van der Waals surface area contributed by atoms with E-state index in [-0.39, 0.29) is 0 Å². The molecule has 1 N–H and O–H groups in total. The zero-order chi connectivity index (χ0) is 11.4. The molecule has 2 aromatic rings. The molecule has 0 bridgehead atoms. The molecule has 2 heterocycles. The Labute approximate surface area is 107 Å². The van der Waals surface area contributed by atoms with E-state index in [2.05, 4.69) is 31.6 Å². The molecule has 0 saturated carbocycles. The maximum Gasteiger partial charge on any atom is 0.169 e. The van der Waals surface area contributed by atoms with Crippen LogP contribution in [0.4, 0.5) is 0 Å². The molecule has 2 aromatic heterocycles. The number of nitrogens with zero attached hydrogens (tertiary/aromatic N) is 1. The fourth-order valence-corrected chi connectivity index (χ4v) is 2.49. The van der Waals surface area contributed by atoms with Crippen LogP contribution in [0.15, 0.2) is 26.6 Å². The SMILES string of the molecule is Cc1csc(CCNCc2ccc(Br)o2)n1. The number of furan rings is 1. The molecule has 0 amide bonds. The number of hydrogen-bond donors (Lipinski definition) is 1. The lowest BCUT2D eigenvalue weighted by molar-refractivity contribution is 0.466. The summed E-state index contributed by atoms with van der Waals surface area (Å²) in [5.74, 6) is 0.946. The summed E-state index contributed by atoms with van der Waals surface area (Å²) in [7, 11) is 0. The third kappa shape index (κ3) is 3.43. The number of nitrogens with one attached hydrogen (secondary N) is 1. The molecule has 0 aliphatic heterocycles. The van der Waals surface area contributed by atoms with E-state index in [9.17, 15) is 0 Å². The van der Waals surface area contributed by atoms with Crippen molar-refractivity contribution >= 4 is 27.3 Å². The lowest BCUT2D eigenvalue weighted by Gasteiger charge is -2.00. The third-order valence-electron chi connectivity index (χ3n) is 2.11. The molecular weight excluding hydrogens is 288 g/mol. The van der Waals surface area contributed by atoms with E-state index in [0.717, 1.165) is 35.6 Å². The fraction of sp³-hybridized carbons (Fsp3) is 0.364. The van der Waals surface area contributed by atoms with Crippen LogP contribution in [0, 0.1) is 6.92 Å². The Morgan fingerprint density at radius 3 is 3.00 bits per heavy atom. The first-order chi connectivity index (χ1) is 7.74. The van der Waals surface area contributed by atoms with E-state index in [0.29, 0.717) is 0 Å². The minimum absolute atomic E-state index is 0.760. The second kappa shape index (κ2) is 5.61. The van der Waals surface area contributed by atoms with Crippen molar-refractivity contribution in [1.82, 2.24) is 10.3 Å². The van der Waals surface area contributed by atoms with Crippen molar-refractivity contribution in [2.24, 2.45) is 0 Å². The summed E-state index contributed by atoms with van der Waals surface area (Å²) < 4.78 is 6.16. The number of halogens is 1. The molecule has 0 atom stereocenters. The average Bonchev–Trinajstić information content (AvgIpc) is 2.83. The summed E-state index contributed by atoms with van der Waals surface area (Å²) in [5, 5.41) is 6.59. The molecule has 0 spiro atoms. The van der Waals surface area contributed by atoms with E-state index in [1.165, 1.54) is 5.01 Å². The van der Waals surface area contributed by atoms with Crippen LogP contribution in [0.25, 0.3) is 0 Å². The molecule has 5 heteroatoms. The molecule has 16 heavy (non-hydrogen) atoms. The first-order valence-electron chi connectivity index (χ1n) is 5.10. The van der Waals surface area contributed by atoms with Gasteiger partial charge in [-0.3, -0.25) is 0 Å². The molecule has 0 aliphatic rings. The van der Waals surface area contributed by atoms with Crippen LogP contribution in [0.3, 0.4) is 0 Å². The number of aromatic nitrogens is 1. The van der Waals surface area contributed by atoms with E-state index in [1.54, 1.807) is 11.3 Å². The standard InChI is InChI=1S/C11H13BrN2OS/c1-8-7-16-11(14-8)4-5-13-6-9-2-3-10(12)15-9/h2-3,7,13H,4-6H2,1H3. The largest absolute Gasteiger partial charge is 0.453 e. The van der Waals surface area contributed by atoms with Crippen molar-refractivity contribution in [2.45, 2.75) is 19.9 Å². The second-order valence-electron chi connectivity index (χ2n) is 3.52. The van der Waals surface area contributed by atoms with Crippen LogP contribution in [0.1, 0.15) is 16.5 Å². The fourth-order valence-electron chi connectivity index (χ4n) is 1.37. The Morgan fingerprint density at radius 1 is 1.50 bits per heavy atom. The average molecular weight is 301 g/mol. The highest BCUT2D eigenvalue weighted by Gasteiger charge is 2.00. The molecule has 2 rings (SSSR count). The number of rotatable bonds is 5. The van der Waals surface area contributed by atoms with Crippen molar-refractivity contribution in [3.63, 3.8) is 0 Å². The lowest BCUT2D eigenvalue weighted by Crippen LogP contribution is -2.16. The minimum Gasteiger partial charge on any atom is -0.453 e. The molecule has 3 nitrogen and oxygen atoms in total. The predicted molar refractivity (Wildman–Crippen MR) is 68.7 cm³/mol. The lowest BCUT2D eigenvalue weighted by atomic mass is 10.4. The van der Waals surface area contributed by atoms with Crippen LogP contribution >= 0.6 is 27.3 Å². The molecular formula is C11H13BrN2OS. The molecule has 0 aliphatic carbocycles. The first-order valence-corrected chi connectivity index (χ1v) is 6.77. The van der Waals surface area contributed by atoms with Crippen LogP contribution < -0.4 is 5.32 Å². The number of aryl methyl sites for hydroxylation is 1. The maximum atomic E-state index is 5.38. The van der Waals surface area contributed by atoms with Gasteiger partial charge in [-0.15, -0.1) is 11.3 Å². The zero-order valence-electron chi connectivity index (χ0n) is 9.00. The van der Waals surface area contributed by atoms with Gasteiger partial charge in [-0.2, -0.15) is 0 Å². The van der Waals surface area contributed by atoms with Gasteiger partial charge in [0.25, 0.3) is 0 Å². The number of hydrogen-bond acceptors (Lipinski definition) is 4. The van der Waals surface area contributed by atoms with Gasteiger partial charge < -0.3 is 9.73 Å². The highest BCUT2D eigenvalue weighted by Crippen LogP contribution is 2.13. The van der Waals surface area contributed by atoms with Gasteiger partial charge in [0.05, 0.1) is 11.6 Å². The maximum absolute atomic E-state index is 5.38. The van der Waals surface area contributed by atoms with Crippen molar-refractivity contribution in [3.05, 3.63) is 38.6 Å². The van der Waals surface area contributed by atoms with Crippen molar-refractivity contribution in [1.29, 1.82) is 0 Å². The third-order valence-corrected chi connectivity index (χ3v) is 3.56. The summed E-state index contributed by atoms with van der Waals surface area (Å²) in [6.45, 7) is 3.70. The van der Waals surface area contributed by atoms with E-state index < -0.39 is 0 Å². The highest BCUT2D eigenvalue weighted by molar-refractivity contribution is 9.10. The highest BCUT2D eigenvalue weighted by atomic mass is 79.9. The van der Waals surface area contributed by atoms with Gasteiger partial charge in [-0.25, -0.2) is 4.98 Å². The molecule has 86 valence electrons. The van der Waals surface area contributed by atoms with Crippen molar-refractivity contribution in [3.8, 4) is 0 Å². The molecule has 0 aromatic carbocycles. The van der Waals surface area contributed by atoms with Crippen LogP contribution in [-0.2, 0) is 13.0 Å². The van der Waals surface area contributed by atoms with E-state index >= 15 is 0 Å². The van der Waals surface area contributed by atoms with Gasteiger partial charge in [0.1, 0.15) is 5.76 Å². The first kappa shape index (κ1) is 11.8. The predicted octanol–water partition coefficient (Wildman–Crippen LogP) is 3.14. The quantitative estimate of drug-likeness (QED) is 0.862. The van der Waals surface area contributed by atoms with Gasteiger partial charge in [0.2, 0.25) is 0 Å². The van der Waals surface area contributed by atoms with E-state index in [4.69, 9.17) is 4.42 Å². The molecule has 0 saturated heterocycles. The van der Waals surface area contributed by atoms with Gasteiger partial charge in [0.15, 0.2) is 4.67 Å². The van der Waals surface area contributed by atoms with Gasteiger partial charge in [-0.05, 0) is 35.0 Å². The molecule has 0 radical (unpaired) electrons. The normalized spacial score (nSPS) is 10.9. The monoisotopic (exact) mass is 300 g/mol. The van der Waals surface area contributed by atoms with Crippen molar-refractivity contribution < 1.29 is 4.42 Å². The van der Waals surface area contributed by atoms with Gasteiger partial charge in [0, 0.05) is 24.0 Å². The summed E-state index contributed by atoms with van der Waals surface area (Å²) in [4.78, 5) is 4.41. The Balaban J connectivity index is 1.69. The molecule has 0 unspecified atom stereocenters. The van der Waals surface area contributed by atoms with Gasteiger partial charge >= 0.3 is 0 Å². The second-order valence-corrected chi connectivity index (χ2v) is 5.24.